The number of sulfone groups is 1. The van der Waals surface area contributed by atoms with Gasteiger partial charge < -0.3 is 10.1 Å². The Labute approximate surface area is 142 Å². The molecule has 1 saturated heterocycles. The molecule has 136 valence electrons. The maximum atomic E-state index is 12.4. The van der Waals surface area contributed by atoms with Crippen LogP contribution in [0.4, 0.5) is 18.9 Å². The van der Waals surface area contributed by atoms with Crippen molar-refractivity contribution in [2.24, 2.45) is 0 Å². The summed E-state index contributed by atoms with van der Waals surface area (Å²) < 4.78 is 65.9. The Morgan fingerprint density at radius 2 is 2.08 bits per heavy atom. The molecule has 3 rings (SSSR count). The summed E-state index contributed by atoms with van der Waals surface area (Å²) in [6.45, 7) is 0.234. The largest absolute Gasteiger partial charge is 0.573 e. The van der Waals surface area contributed by atoms with Crippen LogP contribution in [0, 0.1) is 0 Å². The molecule has 0 radical (unpaired) electrons. The highest BCUT2D eigenvalue weighted by Crippen LogP contribution is 2.30. The van der Waals surface area contributed by atoms with Crippen LogP contribution in [-0.4, -0.2) is 36.1 Å². The van der Waals surface area contributed by atoms with Gasteiger partial charge in [-0.05, 0) is 18.6 Å². The number of anilines is 1. The zero-order valence-corrected chi connectivity index (χ0v) is 13.8. The molecule has 1 aromatic carbocycles. The Hall–Kier alpha value is -2.23. The van der Waals surface area contributed by atoms with Crippen LogP contribution in [0.1, 0.15) is 18.0 Å². The lowest BCUT2D eigenvalue weighted by atomic mass is 10.2. The number of benzene rings is 1. The Kier molecular flexibility index (Phi) is 4.63. The predicted molar refractivity (Wildman–Crippen MR) is 85.0 cm³/mol. The second-order valence-electron chi connectivity index (χ2n) is 5.78. The van der Waals surface area contributed by atoms with Gasteiger partial charge in [-0.25, -0.2) is 8.42 Å². The monoisotopic (exact) mass is 375 g/mol. The van der Waals surface area contributed by atoms with Crippen LogP contribution < -0.4 is 10.1 Å². The summed E-state index contributed by atoms with van der Waals surface area (Å²) in [5.41, 5.74) is 0.933. The normalized spacial score (nSPS) is 19.7. The Morgan fingerprint density at radius 3 is 2.76 bits per heavy atom. The Bertz CT molecular complexity index is 849. The molecule has 0 unspecified atom stereocenters. The number of alkyl halides is 3. The topological polar surface area (TPSA) is 73.2 Å². The first-order chi connectivity index (χ1) is 11.7. The number of halogens is 3. The van der Waals surface area contributed by atoms with Crippen LogP contribution in [0.2, 0.25) is 0 Å². The van der Waals surface area contributed by atoms with Crippen LogP contribution in [0.25, 0.3) is 0 Å². The molecule has 1 aliphatic rings. The standard InChI is InChI=1S/C15H16F3N3O3S/c16-15(17,18)24-14-4-2-1-3-13(14)19-7-11-8-20-21(9-11)12-5-6-25(22,23)10-12/h1-4,8-9,12,19H,5-7,10H2/t12-/m1/s1. The number of ether oxygens (including phenoxy) is 1. The van der Waals surface area contributed by atoms with Crippen molar-refractivity contribution in [3.8, 4) is 5.75 Å². The van der Waals surface area contributed by atoms with E-state index in [4.69, 9.17) is 0 Å². The molecule has 0 saturated carbocycles. The molecular formula is C15H16F3N3O3S. The third-order valence-corrected chi connectivity index (χ3v) is 5.58. The highest BCUT2D eigenvalue weighted by atomic mass is 32.2. The van der Waals surface area contributed by atoms with Crippen molar-refractivity contribution >= 4 is 15.5 Å². The lowest BCUT2D eigenvalue weighted by Crippen LogP contribution is -2.18. The van der Waals surface area contributed by atoms with Crippen LogP contribution in [0.15, 0.2) is 36.7 Å². The molecule has 25 heavy (non-hydrogen) atoms. The molecule has 1 fully saturated rings. The molecule has 6 nitrogen and oxygen atoms in total. The minimum atomic E-state index is -4.77. The SMILES string of the molecule is O=S1(=O)CC[C@@H](n2cc(CNc3ccccc3OC(F)(F)F)cn2)C1. The third-order valence-electron chi connectivity index (χ3n) is 3.83. The van der Waals surface area contributed by atoms with Crippen molar-refractivity contribution in [3.05, 3.63) is 42.2 Å². The molecule has 2 aromatic rings. The van der Waals surface area contributed by atoms with Gasteiger partial charge in [-0.1, -0.05) is 12.1 Å². The predicted octanol–water partition coefficient (Wildman–Crippen LogP) is 2.75. The fraction of sp³-hybridized carbons (Fsp3) is 0.400. The van der Waals surface area contributed by atoms with Gasteiger partial charge in [-0.15, -0.1) is 13.2 Å². The van der Waals surface area contributed by atoms with Crippen LogP contribution in [-0.2, 0) is 16.4 Å². The van der Waals surface area contributed by atoms with Gasteiger partial charge in [0.15, 0.2) is 15.6 Å². The second-order valence-corrected chi connectivity index (χ2v) is 8.01. The summed E-state index contributed by atoms with van der Waals surface area (Å²) >= 11 is 0. The first-order valence-corrected chi connectivity index (χ1v) is 9.36. The number of aromatic nitrogens is 2. The minimum absolute atomic E-state index is 0.0593. The number of para-hydroxylation sites is 2. The maximum absolute atomic E-state index is 12.4. The summed E-state index contributed by atoms with van der Waals surface area (Å²) in [7, 11) is -3.01. The van der Waals surface area contributed by atoms with Gasteiger partial charge in [0.1, 0.15) is 0 Å². The van der Waals surface area contributed by atoms with Gasteiger partial charge in [0.05, 0.1) is 29.4 Å². The van der Waals surface area contributed by atoms with Crippen molar-refractivity contribution < 1.29 is 26.3 Å². The van der Waals surface area contributed by atoms with Gasteiger partial charge in [0.25, 0.3) is 0 Å². The molecule has 0 amide bonds. The minimum Gasteiger partial charge on any atom is -0.404 e. The van der Waals surface area contributed by atoms with Crippen LogP contribution in [0.3, 0.4) is 0 Å². The van der Waals surface area contributed by atoms with Crippen molar-refractivity contribution in [1.82, 2.24) is 9.78 Å². The number of rotatable bonds is 5. The van der Waals surface area contributed by atoms with E-state index in [0.717, 1.165) is 5.56 Å². The fourth-order valence-corrected chi connectivity index (χ4v) is 4.38. The Balaban J connectivity index is 1.65. The van der Waals surface area contributed by atoms with E-state index < -0.39 is 16.2 Å². The number of hydrogen-bond donors (Lipinski definition) is 1. The summed E-state index contributed by atoms with van der Waals surface area (Å²) in [6, 6.07) is 5.56. The van der Waals surface area contributed by atoms with E-state index in [1.165, 1.54) is 18.2 Å². The van der Waals surface area contributed by atoms with E-state index in [1.54, 1.807) is 23.1 Å². The van der Waals surface area contributed by atoms with E-state index in [-0.39, 0.29) is 35.5 Å². The summed E-state index contributed by atoms with van der Waals surface area (Å²) in [6.07, 6.45) is -0.993. The van der Waals surface area contributed by atoms with E-state index in [2.05, 4.69) is 15.2 Å². The van der Waals surface area contributed by atoms with Crippen molar-refractivity contribution in [3.63, 3.8) is 0 Å². The molecular weight excluding hydrogens is 359 g/mol. The van der Waals surface area contributed by atoms with E-state index in [1.807, 2.05) is 0 Å². The maximum Gasteiger partial charge on any atom is 0.573 e. The fourth-order valence-electron chi connectivity index (χ4n) is 2.68. The van der Waals surface area contributed by atoms with Crippen molar-refractivity contribution in [1.29, 1.82) is 0 Å². The second kappa shape index (κ2) is 6.58. The first-order valence-electron chi connectivity index (χ1n) is 7.54. The van der Waals surface area contributed by atoms with Crippen molar-refractivity contribution in [2.45, 2.75) is 25.4 Å². The highest BCUT2D eigenvalue weighted by molar-refractivity contribution is 7.91. The van der Waals surface area contributed by atoms with E-state index >= 15 is 0 Å². The van der Waals surface area contributed by atoms with E-state index in [0.29, 0.717) is 6.42 Å². The smallest absolute Gasteiger partial charge is 0.404 e. The lowest BCUT2D eigenvalue weighted by molar-refractivity contribution is -0.274. The summed E-state index contributed by atoms with van der Waals surface area (Å²) in [4.78, 5) is 0. The molecule has 0 bridgehead atoms. The van der Waals surface area contributed by atoms with Crippen molar-refractivity contribution in [2.75, 3.05) is 16.8 Å². The van der Waals surface area contributed by atoms with Gasteiger partial charge >= 0.3 is 6.36 Å². The molecule has 10 heteroatoms. The number of nitrogens with zero attached hydrogens (tertiary/aromatic N) is 2. The molecule has 2 heterocycles. The number of hydrogen-bond acceptors (Lipinski definition) is 5. The first kappa shape index (κ1) is 17.6. The van der Waals surface area contributed by atoms with Gasteiger partial charge in [-0.2, -0.15) is 5.10 Å². The van der Waals surface area contributed by atoms with E-state index in [9.17, 15) is 21.6 Å². The average Bonchev–Trinajstić information content (AvgIpc) is 3.11. The zero-order valence-electron chi connectivity index (χ0n) is 13.0. The molecule has 0 aliphatic carbocycles. The number of nitrogens with one attached hydrogen (secondary N) is 1. The van der Waals surface area contributed by atoms with Gasteiger partial charge in [-0.3, -0.25) is 4.68 Å². The van der Waals surface area contributed by atoms with Crippen LogP contribution in [0.5, 0.6) is 5.75 Å². The molecule has 1 aliphatic heterocycles. The Morgan fingerprint density at radius 1 is 1.32 bits per heavy atom. The summed E-state index contributed by atoms with van der Waals surface area (Å²) in [5.74, 6) is -0.110. The molecule has 0 spiro atoms. The third kappa shape index (κ3) is 4.65. The lowest BCUT2D eigenvalue weighted by Gasteiger charge is -2.14. The van der Waals surface area contributed by atoms with Crippen LogP contribution >= 0.6 is 0 Å². The average molecular weight is 375 g/mol. The molecule has 1 N–H and O–H groups in total. The molecule has 1 aromatic heterocycles. The van der Waals surface area contributed by atoms with Gasteiger partial charge in [0.2, 0.25) is 0 Å². The molecule has 1 atom stereocenters. The highest BCUT2D eigenvalue weighted by Gasteiger charge is 2.32. The summed E-state index contributed by atoms with van der Waals surface area (Å²) in [5, 5.41) is 7.03. The van der Waals surface area contributed by atoms with Gasteiger partial charge in [0, 0.05) is 18.3 Å². The zero-order chi connectivity index (χ0) is 18.1. The quantitative estimate of drug-likeness (QED) is 0.870.